The van der Waals surface area contributed by atoms with Gasteiger partial charge < -0.3 is 121 Å². The first-order valence-electron chi connectivity index (χ1n) is 6.13. The maximum Gasteiger partial charge on any atom is 2.00 e. The first-order valence-corrected chi connectivity index (χ1v) is 6.13. The van der Waals surface area contributed by atoms with Crippen LogP contribution in [0, 0.1) is 0 Å². The molecule has 0 saturated heterocycles. The molecule has 0 atom stereocenters. The zero-order chi connectivity index (χ0) is 28.6. The fourth-order valence-corrected chi connectivity index (χ4v) is 0. The van der Waals surface area contributed by atoms with Crippen LogP contribution in [0.2, 0.25) is 0 Å². The van der Waals surface area contributed by atoms with Crippen molar-refractivity contribution in [3.8, 4) is 0 Å². The van der Waals surface area contributed by atoms with Gasteiger partial charge in [0.1, 0.15) is 0 Å². The molecule has 0 amide bonds. The zero-order valence-electron chi connectivity index (χ0n) is 16.9. The molecule has 0 spiro atoms. The van der Waals surface area contributed by atoms with Crippen molar-refractivity contribution in [3.05, 3.63) is 0 Å². The second-order valence-electron chi connectivity index (χ2n) is 2.71. The second kappa shape index (κ2) is 59.7. The van der Waals surface area contributed by atoms with Gasteiger partial charge in [0.05, 0.1) is 0 Å². The third kappa shape index (κ3) is 11000. The predicted octanol–water partition coefficient (Wildman–Crippen LogP) is -21.7. The van der Waals surface area contributed by atoms with E-state index in [1.165, 1.54) is 0 Å². The zero-order valence-corrected chi connectivity index (χ0v) is 21.2. The van der Waals surface area contributed by atoms with E-state index in [2.05, 4.69) is 0 Å². The number of rotatable bonds is 0. The minimum Gasteiger partial charge on any atom is -0.907 e. The summed E-state index contributed by atoms with van der Waals surface area (Å²) in [5.74, 6) is 0. The van der Waals surface area contributed by atoms with E-state index in [0.29, 0.717) is 0 Å². The Hall–Kier alpha value is 1.82. The van der Waals surface area contributed by atoms with Crippen LogP contribution in [0.5, 0.6) is 0 Å². The molecule has 0 aromatic heterocycles. The Balaban J connectivity index is -0.0000000240. The molecule has 34 heteroatoms. The summed E-state index contributed by atoms with van der Waals surface area (Å²) >= 11 is 0. The maximum atomic E-state index is 8.42. The van der Waals surface area contributed by atoms with Gasteiger partial charge in [-0.2, -0.15) is 0 Å². The molecule has 0 fully saturated rings. The summed E-state index contributed by atoms with van der Waals surface area (Å²) in [5.41, 5.74) is 0. The van der Waals surface area contributed by atoms with Gasteiger partial charge in [0.25, 0.3) is 0 Å². The van der Waals surface area contributed by atoms with Crippen LogP contribution in [-0.4, -0.2) is 202 Å². The van der Waals surface area contributed by atoms with Gasteiger partial charge in [-0.1, -0.05) is 0 Å². The van der Waals surface area contributed by atoms with Gasteiger partial charge in [-0.3, -0.25) is 7.32 Å². The average molecular weight is 555 g/mol. The normalized spacial score (nSPS) is 6.35. The van der Waals surface area contributed by atoms with Gasteiger partial charge in [0.15, 0.2) is 0 Å². The van der Waals surface area contributed by atoms with E-state index in [9.17, 15) is 0 Å². The van der Waals surface area contributed by atoms with Crippen LogP contribution in [0.4, 0.5) is 0 Å². The summed E-state index contributed by atoms with van der Waals surface area (Å²) in [5, 5.41) is 176. The SMILES string of the molecule is OB(O)O.OB(O)O.OB(O)O.OB(O)O.OB(O)O.OB(O)O.OB(O)O.[Ca+2].[Na+].[O-]B([O-])[O-]. The average Bonchev–Trinajstić information content (AvgIpc) is 2.30. The van der Waals surface area contributed by atoms with Crippen molar-refractivity contribution in [1.29, 1.82) is 0 Å². The van der Waals surface area contributed by atoms with Crippen molar-refractivity contribution in [2.45, 2.75) is 0 Å². The third-order valence-electron chi connectivity index (χ3n) is 0. The van der Waals surface area contributed by atoms with E-state index in [-0.39, 0.29) is 67.3 Å². The van der Waals surface area contributed by atoms with Crippen molar-refractivity contribution >= 4 is 96.3 Å². The summed E-state index contributed by atoms with van der Waals surface area (Å²) in [6.45, 7) is 0. The van der Waals surface area contributed by atoms with E-state index in [4.69, 9.17) is 121 Å². The van der Waals surface area contributed by atoms with E-state index in [1.54, 1.807) is 0 Å². The van der Waals surface area contributed by atoms with Crippen LogP contribution in [-0.2, 0) is 0 Å². The monoisotopic (exact) mass is 556 g/mol. The minimum absolute atomic E-state index is 0. The van der Waals surface area contributed by atoms with Gasteiger partial charge in [-0.25, -0.2) is 0 Å². The van der Waals surface area contributed by atoms with E-state index in [1.807, 2.05) is 0 Å². The Morgan fingerprint density at radius 1 is 0.265 bits per heavy atom. The smallest absolute Gasteiger partial charge is 0.907 e. The largest absolute Gasteiger partial charge is 2.00 e. The number of hydrogen-bond donors (Lipinski definition) is 21. The summed E-state index contributed by atoms with van der Waals surface area (Å²) in [6.07, 6.45) is 0. The molecule has 0 bridgehead atoms. The maximum absolute atomic E-state index is 8.42. The van der Waals surface area contributed by atoms with Gasteiger partial charge in [-0.05, 0) is 0 Å². The van der Waals surface area contributed by atoms with Crippen molar-refractivity contribution in [3.63, 3.8) is 0 Å². The Morgan fingerprint density at radius 3 is 0.265 bits per heavy atom. The summed E-state index contributed by atoms with van der Waals surface area (Å²) in [6, 6.07) is 0. The van der Waals surface area contributed by atoms with Crippen molar-refractivity contribution < 1.29 is 150 Å². The van der Waals surface area contributed by atoms with E-state index >= 15 is 0 Å². The Morgan fingerprint density at radius 2 is 0.265 bits per heavy atom. The predicted molar refractivity (Wildman–Crippen MR) is 98.4 cm³/mol. The second-order valence-corrected chi connectivity index (χ2v) is 2.71. The van der Waals surface area contributed by atoms with E-state index in [0.717, 1.165) is 0 Å². The van der Waals surface area contributed by atoms with Gasteiger partial charge in [0.2, 0.25) is 0 Å². The van der Waals surface area contributed by atoms with Crippen LogP contribution in [0.15, 0.2) is 0 Å². The Labute approximate surface area is 244 Å². The molecule has 21 N–H and O–H groups in total. The Bertz CT molecular complexity index is 149. The molecule has 0 heterocycles. The molecule has 0 aliphatic carbocycles. The van der Waals surface area contributed by atoms with E-state index < -0.39 is 58.6 Å². The molecular weight excluding hydrogens is 534 g/mol. The van der Waals surface area contributed by atoms with Crippen LogP contribution in [0.25, 0.3) is 0 Å². The topological polar surface area (TPSA) is 494 Å². The molecule has 24 nitrogen and oxygen atoms in total. The fraction of sp³-hybridized carbons (Fsp3) is 0. The van der Waals surface area contributed by atoms with Crippen LogP contribution in [0.3, 0.4) is 0 Å². The molecule has 192 valence electrons. The quantitative estimate of drug-likeness (QED) is 0.123. The molecule has 0 rings (SSSR count). The van der Waals surface area contributed by atoms with Crippen LogP contribution >= 0.6 is 0 Å². The summed E-state index contributed by atoms with van der Waals surface area (Å²) in [4.78, 5) is 0. The minimum atomic E-state index is -2.92. The first-order chi connectivity index (χ1) is 13.9. The molecule has 0 aromatic carbocycles. The van der Waals surface area contributed by atoms with Gasteiger partial charge >= 0.3 is 119 Å². The third-order valence-corrected chi connectivity index (χ3v) is 0. The molecule has 0 aliphatic rings. The van der Waals surface area contributed by atoms with Crippen molar-refractivity contribution in [2.24, 2.45) is 0 Å². The summed E-state index contributed by atoms with van der Waals surface area (Å²) in [7, 11) is -18.1. The molecule has 34 heavy (non-hydrogen) atoms. The number of hydrogen-bond acceptors (Lipinski definition) is 24. The molecule has 0 unspecified atom stereocenters. The Kier molecular flexibility index (Phi) is 114. The molecule has 0 aromatic rings. The van der Waals surface area contributed by atoms with Crippen LogP contribution < -0.4 is 44.6 Å². The van der Waals surface area contributed by atoms with Crippen molar-refractivity contribution in [2.75, 3.05) is 0 Å². The summed E-state index contributed by atoms with van der Waals surface area (Å²) < 4.78 is 0. The van der Waals surface area contributed by atoms with Gasteiger partial charge in [0, 0.05) is 0 Å². The molecule has 0 aliphatic heterocycles. The molecule has 0 radical (unpaired) electrons. The van der Waals surface area contributed by atoms with Crippen LogP contribution in [0.1, 0.15) is 0 Å². The molecule has 0 saturated carbocycles. The molecular formula is H21B8CaNaO24. The van der Waals surface area contributed by atoms with Crippen molar-refractivity contribution in [1.82, 2.24) is 0 Å². The van der Waals surface area contributed by atoms with Gasteiger partial charge in [-0.15, -0.1) is 0 Å². The first kappa shape index (κ1) is 65.1. The fourth-order valence-electron chi connectivity index (χ4n) is 0. The standard InChI is InChI=1S/7BH3O3.BO3.Ca.Na/c8*2-1(3)4;;/h7*2-4H;;;/q;;;;;;;-3;+2;+1.